The van der Waals surface area contributed by atoms with E-state index in [9.17, 15) is 4.79 Å². The van der Waals surface area contributed by atoms with Gasteiger partial charge < -0.3 is 4.74 Å². The van der Waals surface area contributed by atoms with Crippen LogP contribution in [0.2, 0.25) is 0 Å². The molecule has 0 aliphatic carbocycles. The molecule has 2 aromatic rings. The molecule has 126 valence electrons. The maximum Gasteiger partial charge on any atom is 0.231 e. The molecule has 1 aliphatic heterocycles. The Morgan fingerprint density at radius 3 is 2.36 bits per heavy atom. The average molecular weight is 368 g/mol. The Balaban J connectivity index is 1.53. The van der Waals surface area contributed by atoms with Crippen molar-refractivity contribution in [3.05, 3.63) is 54.1 Å². The number of carbonyl (C=O) groups excluding carboxylic acids is 1. The summed E-state index contributed by atoms with van der Waals surface area (Å²) in [5.74, 6) is 1.62. The number of hydrogen-bond acceptors (Lipinski definition) is 5. The van der Waals surface area contributed by atoms with Gasteiger partial charge in [0.15, 0.2) is 0 Å². The van der Waals surface area contributed by atoms with Gasteiger partial charge in [0, 0.05) is 12.3 Å². The fourth-order valence-corrected chi connectivity index (χ4v) is 3.73. The number of benzene rings is 2. The lowest BCUT2D eigenvalue weighted by molar-refractivity contribution is -0.127. The van der Waals surface area contributed by atoms with E-state index in [2.05, 4.69) is 6.07 Å². The lowest BCUT2D eigenvalue weighted by atomic mass is 10.0. The Bertz CT molecular complexity index is 811. The monoisotopic (exact) mass is 368 g/mol. The maximum atomic E-state index is 12.1. The van der Waals surface area contributed by atoms with Gasteiger partial charge in [-0.1, -0.05) is 48.2 Å². The van der Waals surface area contributed by atoms with Crippen LogP contribution in [0.25, 0.3) is 11.1 Å². The summed E-state index contributed by atoms with van der Waals surface area (Å²) in [5.41, 5.74) is 2.73. The van der Waals surface area contributed by atoms with Crippen molar-refractivity contribution in [2.45, 2.75) is 6.42 Å². The zero-order valence-corrected chi connectivity index (χ0v) is 15.1. The fourth-order valence-electron chi connectivity index (χ4n) is 2.49. The molecule has 0 saturated carbocycles. The van der Waals surface area contributed by atoms with Crippen molar-refractivity contribution >= 4 is 34.2 Å². The van der Waals surface area contributed by atoms with E-state index in [1.54, 1.807) is 28.8 Å². The quantitative estimate of drug-likeness (QED) is 0.750. The van der Waals surface area contributed by atoms with Crippen molar-refractivity contribution in [3.63, 3.8) is 0 Å². The van der Waals surface area contributed by atoms with E-state index in [0.29, 0.717) is 29.5 Å². The molecule has 0 radical (unpaired) electrons. The summed E-state index contributed by atoms with van der Waals surface area (Å²) >= 11 is 6.69. The summed E-state index contributed by atoms with van der Waals surface area (Å²) in [6, 6.07) is 17.2. The highest BCUT2D eigenvalue weighted by Crippen LogP contribution is 2.23. The van der Waals surface area contributed by atoms with E-state index in [1.165, 1.54) is 0 Å². The number of rotatable bonds is 5. The van der Waals surface area contributed by atoms with Crippen LogP contribution in [-0.4, -0.2) is 34.0 Å². The summed E-state index contributed by atoms with van der Waals surface area (Å²) in [6.07, 6.45) is 0.318. The first-order valence-corrected chi connectivity index (χ1v) is 9.27. The minimum Gasteiger partial charge on any atom is -0.493 e. The number of nitrogens with zero attached hydrogens (tertiary/aromatic N) is 2. The van der Waals surface area contributed by atoms with Crippen molar-refractivity contribution in [1.29, 1.82) is 5.26 Å². The van der Waals surface area contributed by atoms with Gasteiger partial charge in [0.05, 0.1) is 24.7 Å². The van der Waals surface area contributed by atoms with Crippen LogP contribution in [0.15, 0.2) is 48.5 Å². The maximum absolute atomic E-state index is 12.1. The molecule has 0 aromatic heterocycles. The standard InChI is InChI=1S/C19H16N2O2S2/c20-13-14-1-3-15(4-2-14)16-5-7-17(8-6-16)23-11-9-18(22)21-10-12-25-19(21)24/h1-8H,9-12H2. The zero-order valence-electron chi connectivity index (χ0n) is 13.5. The molecule has 0 bridgehead atoms. The third-order valence-corrected chi connectivity index (χ3v) is 5.28. The molecule has 0 spiro atoms. The molecule has 0 unspecified atom stereocenters. The van der Waals surface area contributed by atoms with E-state index in [-0.39, 0.29) is 5.91 Å². The second-order valence-corrected chi connectivity index (χ2v) is 7.20. The zero-order chi connectivity index (χ0) is 17.6. The molecule has 1 aliphatic rings. The van der Waals surface area contributed by atoms with Gasteiger partial charge in [-0.05, 0) is 35.4 Å². The van der Waals surface area contributed by atoms with Gasteiger partial charge in [-0.25, -0.2) is 0 Å². The minimum atomic E-state index is 0.0178. The SMILES string of the molecule is N#Cc1ccc(-c2ccc(OCCC(=O)N3CCSC3=S)cc2)cc1. The van der Waals surface area contributed by atoms with Gasteiger partial charge >= 0.3 is 0 Å². The van der Waals surface area contributed by atoms with Crippen molar-refractivity contribution in [1.82, 2.24) is 4.90 Å². The highest BCUT2D eigenvalue weighted by atomic mass is 32.2. The van der Waals surface area contributed by atoms with Gasteiger partial charge in [-0.2, -0.15) is 5.26 Å². The summed E-state index contributed by atoms with van der Waals surface area (Å²) < 4.78 is 6.32. The molecule has 1 fully saturated rings. The molecule has 2 aromatic carbocycles. The molecular weight excluding hydrogens is 352 g/mol. The van der Waals surface area contributed by atoms with Gasteiger partial charge in [0.2, 0.25) is 5.91 Å². The van der Waals surface area contributed by atoms with Gasteiger partial charge in [-0.15, -0.1) is 0 Å². The normalized spacial score (nSPS) is 13.6. The third-order valence-electron chi connectivity index (χ3n) is 3.85. The van der Waals surface area contributed by atoms with Crippen molar-refractivity contribution in [2.75, 3.05) is 18.9 Å². The number of thiocarbonyl (C=S) groups is 1. The van der Waals surface area contributed by atoms with Crippen LogP contribution >= 0.6 is 24.0 Å². The van der Waals surface area contributed by atoms with E-state index in [4.69, 9.17) is 22.2 Å². The first-order chi connectivity index (χ1) is 12.2. The minimum absolute atomic E-state index is 0.0178. The summed E-state index contributed by atoms with van der Waals surface area (Å²) in [7, 11) is 0. The Morgan fingerprint density at radius 1 is 1.16 bits per heavy atom. The Labute approximate surface area is 156 Å². The number of ether oxygens (including phenoxy) is 1. The van der Waals surface area contributed by atoms with E-state index in [0.717, 1.165) is 22.6 Å². The van der Waals surface area contributed by atoms with Gasteiger partial charge in [-0.3, -0.25) is 9.69 Å². The summed E-state index contributed by atoms with van der Waals surface area (Å²) in [5, 5.41) is 8.84. The molecule has 0 atom stereocenters. The lowest BCUT2D eigenvalue weighted by Crippen LogP contribution is -2.31. The molecule has 1 saturated heterocycles. The second kappa shape index (κ2) is 8.15. The van der Waals surface area contributed by atoms with E-state index < -0.39 is 0 Å². The highest BCUT2D eigenvalue weighted by Gasteiger charge is 2.23. The van der Waals surface area contributed by atoms with Crippen LogP contribution in [-0.2, 0) is 4.79 Å². The number of amides is 1. The van der Waals surface area contributed by atoms with Crippen LogP contribution in [0.1, 0.15) is 12.0 Å². The molecule has 6 heteroatoms. The fraction of sp³-hybridized carbons (Fsp3) is 0.211. The summed E-state index contributed by atoms with van der Waals surface area (Å²) in [4.78, 5) is 13.7. The smallest absolute Gasteiger partial charge is 0.231 e. The largest absolute Gasteiger partial charge is 0.493 e. The van der Waals surface area contributed by atoms with Crippen molar-refractivity contribution < 1.29 is 9.53 Å². The molecule has 3 rings (SSSR count). The highest BCUT2D eigenvalue weighted by molar-refractivity contribution is 8.23. The van der Waals surface area contributed by atoms with E-state index >= 15 is 0 Å². The predicted octanol–water partition coefficient (Wildman–Crippen LogP) is 3.85. The molecule has 25 heavy (non-hydrogen) atoms. The molecular formula is C19H16N2O2S2. The van der Waals surface area contributed by atoms with Crippen LogP contribution < -0.4 is 4.74 Å². The molecule has 1 amide bonds. The van der Waals surface area contributed by atoms with Crippen LogP contribution in [0.3, 0.4) is 0 Å². The average Bonchev–Trinajstić information content (AvgIpc) is 3.08. The lowest BCUT2D eigenvalue weighted by Gasteiger charge is -2.14. The third kappa shape index (κ3) is 4.38. The topological polar surface area (TPSA) is 53.3 Å². The van der Waals surface area contributed by atoms with E-state index in [1.807, 2.05) is 36.4 Å². The van der Waals surface area contributed by atoms with Crippen LogP contribution in [0, 0.1) is 11.3 Å². The van der Waals surface area contributed by atoms with Crippen molar-refractivity contribution in [3.8, 4) is 22.9 Å². The van der Waals surface area contributed by atoms with Crippen LogP contribution in [0.5, 0.6) is 5.75 Å². The summed E-state index contributed by atoms with van der Waals surface area (Å²) in [6.45, 7) is 1.03. The molecule has 1 heterocycles. The number of carbonyl (C=O) groups is 1. The number of nitriles is 1. The number of hydrogen-bond donors (Lipinski definition) is 0. The Kier molecular flexibility index (Phi) is 5.69. The molecule has 4 nitrogen and oxygen atoms in total. The number of thioether (sulfide) groups is 1. The Morgan fingerprint density at radius 2 is 1.80 bits per heavy atom. The Hall–Kier alpha value is -2.36. The van der Waals surface area contributed by atoms with Crippen molar-refractivity contribution in [2.24, 2.45) is 0 Å². The first kappa shape index (κ1) is 17.5. The van der Waals surface area contributed by atoms with Crippen LogP contribution in [0.4, 0.5) is 0 Å². The van der Waals surface area contributed by atoms with Gasteiger partial charge in [0.25, 0.3) is 0 Å². The predicted molar refractivity (Wildman–Crippen MR) is 103 cm³/mol. The first-order valence-electron chi connectivity index (χ1n) is 7.88. The molecule has 0 N–H and O–H groups in total. The second-order valence-electron chi connectivity index (χ2n) is 5.47. The van der Waals surface area contributed by atoms with Gasteiger partial charge in [0.1, 0.15) is 10.1 Å².